The molecule has 5 fully saturated rings. The zero-order valence-electron chi connectivity index (χ0n) is 29.6. The third-order valence-corrected chi connectivity index (χ3v) is 21.1. The molecule has 2 aromatic rings. The van der Waals surface area contributed by atoms with E-state index in [4.69, 9.17) is 0 Å². The molecule has 0 aromatic heterocycles. The summed E-state index contributed by atoms with van der Waals surface area (Å²) >= 11 is -2.41. The first-order valence-corrected chi connectivity index (χ1v) is 22.0. The summed E-state index contributed by atoms with van der Waals surface area (Å²) in [5, 5.41) is 0. The van der Waals surface area contributed by atoms with Crippen molar-refractivity contribution in [2.45, 2.75) is 136 Å². The minimum Gasteiger partial charge on any atom is -1.00 e. The van der Waals surface area contributed by atoms with E-state index >= 15 is 0 Å². The number of rotatable bonds is 3. The Bertz CT molecular complexity index is 1580. The zero-order valence-corrected chi connectivity index (χ0v) is 33.6. The molecule has 0 nitrogen and oxygen atoms in total. The van der Waals surface area contributed by atoms with Gasteiger partial charge in [0.15, 0.2) is 0 Å². The van der Waals surface area contributed by atoms with Gasteiger partial charge in [-0.25, -0.2) is 0 Å². The predicted octanol–water partition coefficient (Wildman–Crippen LogP) is 4.92. The van der Waals surface area contributed by atoms with E-state index < -0.39 is 21.3 Å². The number of benzene rings is 2. The van der Waals surface area contributed by atoms with Crippen LogP contribution in [0.4, 0.5) is 0 Å². The summed E-state index contributed by atoms with van der Waals surface area (Å²) in [6, 6.07) is 12.6. The third-order valence-electron chi connectivity index (χ3n) is 13.3. The van der Waals surface area contributed by atoms with Crippen LogP contribution in [0.1, 0.15) is 141 Å². The van der Waals surface area contributed by atoms with E-state index in [-0.39, 0.29) is 41.1 Å². The molecule has 3 heteroatoms. The molecule has 0 heterocycles. The fraction of sp³-hybridized carbons (Fsp3) is 0.605. The standard InChI is InChI=1S/C21H25.C16H21.C6H10.2ClH.Zr/c1-20(2,3)16-7-9-18-14(12-16)11-15-13-17(21(4,5)6)8-10-19(15)18;1-15(4-2-3-5-15)16-9-12-6-13(10-16)8-14(7-12)11-16;1-2-4-6-5-3-1;;;/h7-10,12H,11H2,1-6H3;2,4-5,12-14H,6-11H2,1H3;1-5H2;2*1H;/q;;;;;+2/p-2. The second-order valence-electron chi connectivity index (χ2n) is 18.5. The van der Waals surface area contributed by atoms with Gasteiger partial charge in [-0.2, -0.15) is 0 Å². The van der Waals surface area contributed by atoms with Crippen molar-refractivity contribution in [3.63, 3.8) is 0 Å². The minimum atomic E-state index is -2.41. The Kier molecular flexibility index (Phi) is 9.34. The van der Waals surface area contributed by atoms with Crippen molar-refractivity contribution in [2.24, 2.45) is 28.6 Å². The molecule has 46 heavy (non-hydrogen) atoms. The van der Waals surface area contributed by atoms with Crippen LogP contribution >= 0.6 is 0 Å². The normalized spacial score (nSPS) is 30.6. The van der Waals surface area contributed by atoms with E-state index in [1.165, 1.54) is 81.8 Å². The van der Waals surface area contributed by atoms with Gasteiger partial charge in [0.2, 0.25) is 0 Å². The summed E-state index contributed by atoms with van der Waals surface area (Å²) in [6.07, 6.45) is 25.7. The second kappa shape index (κ2) is 12.2. The van der Waals surface area contributed by atoms with Crippen molar-refractivity contribution < 1.29 is 46.1 Å². The van der Waals surface area contributed by atoms with Gasteiger partial charge in [-0.15, -0.1) is 0 Å². The van der Waals surface area contributed by atoms with Crippen LogP contribution in [-0.4, -0.2) is 3.21 Å². The summed E-state index contributed by atoms with van der Waals surface area (Å²) in [6.45, 7) is 17.2. The summed E-state index contributed by atoms with van der Waals surface area (Å²) in [7, 11) is 0. The van der Waals surface area contributed by atoms with Gasteiger partial charge in [-0.05, 0) is 0 Å². The molecule has 0 aliphatic heterocycles. The molecule has 0 saturated heterocycles. The maximum absolute atomic E-state index is 2.95. The molecule has 0 radical (unpaired) electrons. The van der Waals surface area contributed by atoms with Crippen molar-refractivity contribution in [1.29, 1.82) is 0 Å². The molecule has 7 aliphatic carbocycles. The van der Waals surface area contributed by atoms with Gasteiger partial charge in [0.25, 0.3) is 0 Å². The fourth-order valence-electron chi connectivity index (χ4n) is 11.3. The molecule has 246 valence electrons. The van der Waals surface area contributed by atoms with Gasteiger partial charge in [0.1, 0.15) is 0 Å². The SMILES string of the molecule is CC(C)(C)c1ccc2c(c1)Cc1c-2ccc(C(C)(C)C)[c]1[Zr+2]([C]1=CC(C)(C23CC4CC(CC(C4)C2)C3)C=C1)=[C]1CCCCC1.[Cl-].[Cl-]. The van der Waals surface area contributed by atoms with E-state index in [0.717, 1.165) is 24.2 Å². The molecule has 1 atom stereocenters. The van der Waals surface area contributed by atoms with Crippen LogP contribution in [0.5, 0.6) is 0 Å². The van der Waals surface area contributed by atoms with Crippen LogP contribution in [0, 0.1) is 28.6 Å². The topological polar surface area (TPSA) is 0 Å². The van der Waals surface area contributed by atoms with E-state index in [1.807, 2.05) is 9.76 Å². The van der Waals surface area contributed by atoms with E-state index in [9.17, 15) is 0 Å². The van der Waals surface area contributed by atoms with Crippen LogP contribution in [0.15, 0.2) is 51.8 Å². The minimum absolute atomic E-state index is 0. The smallest absolute Gasteiger partial charge is 1.00 e. The van der Waals surface area contributed by atoms with Crippen LogP contribution in [-0.2, 0) is 38.5 Å². The Morgan fingerprint density at radius 2 is 1.35 bits per heavy atom. The average Bonchev–Trinajstić information content (AvgIpc) is 3.54. The molecule has 4 bridgehead atoms. The Balaban J connectivity index is 0.00000186. The van der Waals surface area contributed by atoms with Crippen LogP contribution < -0.4 is 28.1 Å². The molecular weight excluding hydrogens is 679 g/mol. The number of hydrogen-bond acceptors (Lipinski definition) is 0. The van der Waals surface area contributed by atoms with Crippen molar-refractivity contribution >= 4 is 6.48 Å². The number of fused-ring (bicyclic) bond motifs is 3. The summed E-state index contributed by atoms with van der Waals surface area (Å²) in [4.78, 5) is 0. The van der Waals surface area contributed by atoms with Crippen molar-refractivity contribution in [1.82, 2.24) is 0 Å². The monoisotopic (exact) mass is 732 g/mol. The first kappa shape index (κ1) is 35.1. The van der Waals surface area contributed by atoms with Gasteiger partial charge in [0.05, 0.1) is 0 Å². The first-order chi connectivity index (χ1) is 20.8. The van der Waals surface area contributed by atoms with E-state index in [0.29, 0.717) is 5.41 Å². The molecule has 0 spiro atoms. The van der Waals surface area contributed by atoms with E-state index in [2.05, 4.69) is 97.0 Å². The van der Waals surface area contributed by atoms with Crippen molar-refractivity contribution in [3.8, 4) is 11.1 Å². The largest absolute Gasteiger partial charge is 1.00 e. The number of hydrogen-bond donors (Lipinski definition) is 0. The van der Waals surface area contributed by atoms with Crippen molar-refractivity contribution in [3.05, 3.63) is 74.1 Å². The van der Waals surface area contributed by atoms with Crippen molar-refractivity contribution in [2.75, 3.05) is 0 Å². The van der Waals surface area contributed by atoms with Crippen LogP contribution in [0.2, 0.25) is 0 Å². The first-order valence-electron chi connectivity index (χ1n) is 18.3. The summed E-state index contributed by atoms with van der Waals surface area (Å²) < 4.78 is 5.75. The van der Waals surface area contributed by atoms with Gasteiger partial charge in [-0.1, -0.05) is 0 Å². The fourth-order valence-corrected chi connectivity index (χ4v) is 20.8. The van der Waals surface area contributed by atoms with Gasteiger partial charge in [0, 0.05) is 0 Å². The number of halogens is 2. The summed E-state index contributed by atoms with van der Waals surface area (Å²) in [5.41, 5.74) is 10.6. The Morgan fingerprint density at radius 3 is 1.93 bits per heavy atom. The molecule has 5 saturated carbocycles. The zero-order chi connectivity index (χ0) is 30.6. The van der Waals surface area contributed by atoms with Crippen LogP contribution in [0.25, 0.3) is 11.1 Å². The molecule has 2 aromatic carbocycles. The van der Waals surface area contributed by atoms with Gasteiger partial charge in [-0.3, -0.25) is 0 Å². The molecule has 0 amide bonds. The molecule has 0 N–H and O–H groups in total. The average molecular weight is 735 g/mol. The molecule has 9 rings (SSSR count). The molecular formula is C43H56Cl2Zr. The number of allylic oxidation sites excluding steroid dienone is 4. The van der Waals surface area contributed by atoms with Crippen LogP contribution in [0.3, 0.4) is 0 Å². The Hall–Kier alpha value is -0.747. The third kappa shape index (κ3) is 5.71. The second-order valence-corrected chi connectivity index (χ2v) is 24.7. The predicted molar refractivity (Wildman–Crippen MR) is 186 cm³/mol. The van der Waals surface area contributed by atoms with Gasteiger partial charge < -0.3 is 24.8 Å². The maximum Gasteiger partial charge on any atom is -1.00 e. The quantitative estimate of drug-likeness (QED) is 0.359. The Labute approximate surface area is 300 Å². The molecule has 7 aliphatic rings. The van der Waals surface area contributed by atoms with Gasteiger partial charge >= 0.3 is 278 Å². The van der Waals surface area contributed by atoms with E-state index in [1.54, 1.807) is 22.3 Å². The maximum atomic E-state index is 2.95. The Morgan fingerprint density at radius 1 is 0.739 bits per heavy atom. The molecule has 1 unspecified atom stereocenters. The summed E-state index contributed by atoms with van der Waals surface area (Å²) in [5.74, 6) is 3.03.